The molecule has 110 valence electrons. The number of thiazole rings is 1. The summed E-state index contributed by atoms with van der Waals surface area (Å²) in [6.45, 7) is 1.43. The summed E-state index contributed by atoms with van der Waals surface area (Å²) in [5, 5.41) is 5.06. The molecule has 0 aromatic carbocycles. The summed E-state index contributed by atoms with van der Waals surface area (Å²) in [5.41, 5.74) is 0.733. The number of anilines is 1. The minimum Gasteiger partial charge on any atom is -0.383 e. The number of methoxy groups -OCH3 is 1. The number of rotatable bonds is 6. The van der Waals surface area contributed by atoms with Crippen molar-refractivity contribution in [2.75, 3.05) is 32.1 Å². The van der Waals surface area contributed by atoms with Gasteiger partial charge < -0.3 is 15.0 Å². The predicted octanol–water partition coefficient (Wildman–Crippen LogP) is 1.32. The molecule has 0 aliphatic carbocycles. The highest BCUT2D eigenvalue weighted by molar-refractivity contribution is 7.13. The second-order valence-corrected chi connectivity index (χ2v) is 5.63. The number of hydrogen-bond donors (Lipinski definition) is 1. The Morgan fingerprint density at radius 1 is 1.70 bits per heavy atom. The second kappa shape index (κ2) is 7.01. The molecule has 2 amide bonds. The molecule has 8 heteroatoms. The lowest BCUT2D eigenvalue weighted by atomic mass is 10.1. The molecule has 1 saturated heterocycles. The number of alkyl halides is 1. The van der Waals surface area contributed by atoms with Crippen molar-refractivity contribution in [3.63, 3.8) is 0 Å². The van der Waals surface area contributed by atoms with Crippen molar-refractivity contribution in [3.05, 3.63) is 11.1 Å². The molecule has 6 nitrogen and oxygen atoms in total. The van der Waals surface area contributed by atoms with Crippen LogP contribution in [0.4, 0.5) is 5.13 Å². The Morgan fingerprint density at radius 2 is 2.50 bits per heavy atom. The van der Waals surface area contributed by atoms with Crippen molar-refractivity contribution in [3.8, 4) is 0 Å². The van der Waals surface area contributed by atoms with Gasteiger partial charge in [-0.3, -0.25) is 9.59 Å². The molecule has 1 atom stereocenters. The third-order valence-electron chi connectivity index (χ3n) is 3.07. The molecule has 1 N–H and O–H groups in total. The van der Waals surface area contributed by atoms with E-state index in [4.69, 9.17) is 16.3 Å². The lowest BCUT2D eigenvalue weighted by Gasteiger charge is -2.15. The SMILES string of the molecule is COCCN1CC(C(=O)Nc2nc(CCl)cs2)CC1=O. The molecule has 2 heterocycles. The maximum atomic E-state index is 12.1. The van der Waals surface area contributed by atoms with Crippen molar-refractivity contribution in [2.45, 2.75) is 12.3 Å². The molecular weight excluding hydrogens is 302 g/mol. The zero-order valence-electron chi connectivity index (χ0n) is 11.1. The molecule has 0 spiro atoms. The van der Waals surface area contributed by atoms with Crippen molar-refractivity contribution in [2.24, 2.45) is 5.92 Å². The molecule has 0 saturated carbocycles. The minimum absolute atomic E-state index is 0.0113. The van der Waals surface area contributed by atoms with Crippen molar-refractivity contribution in [1.82, 2.24) is 9.88 Å². The van der Waals surface area contributed by atoms with Gasteiger partial charge >= 0.3 is 0 Å². The van der Waals surface area contributed by atoms with Gasteiger partial charge in [0.1, 0.15) is 0 Å². The first-order valence-electron chi connectivity index (χ1n) is 6.22. The molecule has 1 aromatic rings. The van der Waals surface area contributed by atoms with E-state index in [0.717, 1.165) is 5.69 Å². The number of carbonyl (C=O) groups is 2. The summed E-state index contributed by atoms with van der Waals surface area (Å²) < 4.78 is 4.94. The average molecular weight is 318 g/mol. The Kier molecular flexibility index (Phi) is 5.33. The highest BCUT2D eigenvalue weighted by atomic mass is 35.5. The van der Waals surface area contributed by atoms with E-state index in [1.807, 2.05) is 0 Å². The number of ether oxygens (including phenoxy) is 1. The summed E-state index contributed by atoms with van der Waals surface area (Å²) in [5.74, 6) is -0.196. The van der Waals surface area contributed by atoms with Crippen LogP contribution in [0, 0.1) is 5.92 Å². The van der Waals surface area contributed by atoms with E-state index in [9.17, 15) is 9.59 Å². The number of hydrogen-bond acceptors (Lipinski definition) is 5. The van der Waals surface area contributed by atoms with Gasteiger partial charge in [-0.1, -0.05) is 0 Å². The second-order valence-electron chi connectivity index (χ2n) is 4.50. The van der Waals surface area contributed by atoms with Crippen molar-refractivity contribution >= 4 is 39.9 Å². The molecule has 0 bridgehead atoms. The van der Waals surface area contributed by atoms with Gasteiger partial charge in [-0.15, -0.1) is 22.9 Å². The number of likely N-dealkylation sites (tertiary alicyclic amines) is 1. The molecular formula is C12H16ClN3O3S. The van der Waals surface area contributed by atoms with Crippen LogP contribution in [0.15, 0.2) is 5.38 Å². The third kappa shape index (κ3) is 3.68. The highest BCUT2D eigenvalue weighted by Crippen LogP contribution is 2.22. The van der Waals surface area contributed by atoms with Gasteiger partial charge in [0.15, 0.2) is 5.13 Å². The van der Waals surface area contributed by atoms with Gasteiger partial charge in [0, 0.05) is 32.0 Å². The van der Waals surface area contributed by atoms with Crippen molar-refractivity contribution < 1.29 is 14.3 Å². The first-order valence-corrected chi connectivity index (χ1v) is 7.63. The van der Waals surface area contributed by atoms with E-state index >= 15 is 0 Å². The van der Waals surface area contributed by atoms with Crippen LogP contribution in [-0.4, -0.2) is 48.5 Å². The fourth-order valence-electron chi connectivity index (χ4n) is 2.00. The maximum Gasteiger partial charge on any atom is 0.231 e. The summed E-state index contributed by atoms with van der Waals surface area (Å²) in [6.07, 6.45) is 0.239. The molecule has 0 radical (unpaired) electrons. The van der Waals surface area contributed by atoms with Crippen LogP contribution in [0.1, 0.15) is 12.1 Å². The molecule has 1 fully saturated rings. The van der Waals surface area contributed by atoms with E-state index in [-0.39, 0.29) is 24.2 Å². The van der Waals surface area contributed by atoms with Crippen LogP contribution in [0.5, 0.6) is 0 Å². The van der Waals surface area contributed by atoms with Crippen LogP contribution < -0.4 is 5.32 Å². The fourth-order valence-corrected chi connectivity index (χ4v) is 2.94. The lowest BCUT2D eigenvalue weighted by Crippen LogP contribution is -2.30. The average Bonchev–Trinajstić information content (AvgIpc) is 3.03. The predicted molar refractivity (Wildman–Crippen MR) is 76.9 cm³/mol. The Bertz CT molecular complexity index is 494. The quantitative estimate of drug-likeness (QED) is 0.803. The fraction of sp³-hybridized carbons (Fsp3) is 0.583. The third-order valence-corrected chi connectivity index (χ3v) is 4.15. The van der Waals surface area contributed by atoms with Crippen LogP contribution in [0.25, 0.3) is 0 Å². The van der Waals surface area contributed by atoms with Crippen LogP contribution in [0.3, 0.4) is 0 Å². The maximum absolute atomic E-state index is 12.1. The Balaban J connectivity index is 1.88. The molecule has 1 aromatic heterocycles. The normalized spacial score (nSPS) is 18.6. The number of halogens is 1. The molecule has 20 heavy (non-hydrogen) atoms. The standard InChI is InChI=1S/C12H16ClN3O3S/c1-19-3-2-16-6-8(4-10(16)17)11(18)15-12-14-9(5-13)7-20-12/h7-8H,2-6H2,1H3,(H,14,15,18). The lowest BCUT2D eigenvalue weighted by molar-refractivity contribution is -0.128. The van der Waals surface area contributed by atoms with Crippen LogP contribution in [-0.2, 0) is 20.2 Å². The van der Waals surface area contributed by atoms with Gasteiger partial charge in [-0.2, -0.15) is 0 Å². The largest absolute Gasteiger partial charge is 0.383 e. The Morgan fingerprint density at radius 3 is 3.15 bits per heavy atom. The van der Waals surface area contributed by atoms with Gasteiger partial charge in [-0.25, -0.2) is 4.98 Å². The van der Waals surface area contributed by atoms with E-state index in [1.54, 1.807) is 17.4 Å². The van der Waals surface area contributed by atoms with E-state index in [1.165, 1.54) is 11.3 Å². The van der Waals surface area contributed by atoms with Gasteiger partial charge in [0.25, 0.3) is 0 Å². The first-order chi connectivity index (χ1) is 9.63. The number of nitrogens with zero attached hydrogens (tertiary/aromatic N) is 2. The minimum atomic E-state index is -0.331. The zero-order chi connectivity index (χ0) is 14.5. The number of amides is 2. The highest BCUT2D eigenvalue weighted by Gasteiger charge is 2.34. The van der Waals surface area contributed by atoms with E-state index in [0.29, 0.717) is 30.7 Å². The summed E-state index contributed by atoms with van der Waals surface area (Å²) in [6, 6.07) is 0. The van der Waals surface area contributed by atoms with Crippen molar-refractivity contribution in [1.29, 1.82) is 0 Å². The van der Waals surface area contributed by atoms with Gasteiger partial charge in [0.2, 0.25) is 11.8 Å². The van der Waals surface area contributed by atoms with Crippen LogP contribution in [0.2, 0.25) is 0 Å². The monoisotopic (exact) mass is 317 g/mol. The number of carbonyl (C=O) groups excluding carboxylic acids is 2. The topological polar surface area (TPSA) is 71.5 Å². The molecule has 1 aliphatic heterocycles. The Labute approximate surface area is 126 Å². The summed E-state index contributed by atoms with van der Waals surface area (Å²) in [7, 11) is 1.58. The molecule has 2 rings (SSSR count). The van der Waals surface area contributed by atoms with Crippen LogP contribution >= 0.6 is 22.9 Å². The van der Waals surface area contributed by atoms with E-state index in [2.05, 4.69) is 10.3 Å². The van der Waals surface area contributed by atoms with Gasteiger partial charge in [-0.05, 0) is 0 Å². The summed E-state index contributed by atoms with van der Waals surface area (Å²) in [4.78, 5) is 29.7. The summed E-state index contributed by atoms with van der Waals surface area (Å²) >= 11 is 6.99. The molecule has 1 aliphatic rings. The van der Waals surface area contributed by atoms with Gasteiger partial charge in [0.05, 0.1) is 24.1 Å². The first kappa shape index (κ1) is 15.2. The zero-order valence-corrected chi connectivity index (χ0v) is 12.7. The molecule has 1 unspecified atom stereocenters. The Hall–Kier alpha value is -1.18. The smallest absolute Gasteiger partial charge is 0.231 e. The number of nitrogens with one attached hydrogen (secondary N) is 1. The number of aromatic nitrogens is 1. The van der Waals surface area contributed by atoms with E-state index < -0.39 is 0 Å².